The summed E-state index contributed by atoms with van der Waals surface area (Å²) in [6, 6.07) is 2.17. The number of hydrogen-bond donors (Lipinski definition) is 0. The number of piperidine rings is 1. The summed E-state index contributed by atoms with van der Waals surface area (Å²) in [6.45, 7) is 5.79. The molecule has 1 heterocycles. The highest BCUT2D eigenvalue weighted by atomic mass is 16.2. The molecule has 0 aromatic rings. The third-order valence-electron chi connectivity index (χ3n) is 3.70. The quantitative estimate of drug-likeness (QED) is 0.724. The summed E-state index contributed by atoms with van der Waals surface area (Å²) < 4.78 is 0. The van der Waals surface area contributed by atoms with Crippen LogP contribution in [0.3, 0.4) is 0 Å². The van der Waals surface area contributed by atoms with Gasteiger partial charge in [-0.05, 0) is 32.4 Å². The van der Waals surface area contributed by atoms with Crippen molar-refractivity contribution in [2.45, 2.75) is 39.0 Å². The molecule has 0 aliphatic carbocycles. The van der Waals surface area contributed by atoms with Crippen molar-refractivity contribution in [3.05, 3.63) is 0 Å². The lowest BCUT2D eigenvalue weighted by Gasteiger charge is -2.32. The number of nitrogens with zero attached hydrogens (tertiary/aromatic N) is 3. The van der Waals surface area contributed by atoms with Crippen LogP contribution >= 0.6 is 0 Å². The molecule has 1 fully saturated rings. The molecule has 0 atom stereocenters. The van der Waals surface area contributed by atoms with Crippen LogP contribution in [0.5, 0.6) is 0 Å². The van der Waals surface area contributed by atoms with Crippen molar-refractivity contribution in [1.82, 2.24) is 9.80 Å². The Morgan fingerprint density at radius 2 is 2.11 bits per heavy atom. The molecule has 4 nitrogen and oxygen atoms in total. The minimum Gasteiger partial charge on any atom is -0.346 e. The molecule has 0 radical (unpaired) electrons. The Kier molecular flexibility index (Phi) is 6.74. The minimum absolute atomic E-state index is 0.199. The van der Waals surface area contributed by atoms with Gasteiger partial charge < -0.3 is 9.80 Å². The number of likely N-dealkylation sites (tertiary alicyclic amines) is 1. The van der Waals surface area contributed by atoms with Gasteiger partial charge in [-0.3, -0.25) is 4.79 Å². The Bertz CT molecular complexity index is 290. The molecule has 0 bridgehead atoms. The molecule has 1 rings (SSSR count). The van der Waals surface area contributed by atoms with Crippen LogP contribution in [0, 0.1) is 17.2 Å². The number of carbonyl (C=O) groups excluding carboxylic acids is 1. The summed E-state index contributed by atoms with van der Waals surface area (Å²) in [5.74, 6) is 0.508. The Balaban J connectivity index is 2.29. The van der Waals surface area contributed by atoms with Gasteiger partial charge >= 0.3 is 0 Å². The van der Waals surface area contributed by atoms with E-state index >= 15 is 0 Å². The average molecular weight is 251 g/mol. The van der Waals surface area contributed by atoms with Gasteiger partial charge in [0.1, 0.15) is 0 Å². The van der Waals surface area contributed by atoms with Crippen LogP contribution in [-0.4, -0.2) is 48.9 Å². The van der Waals surface area contributed by atoms with E-state index in [0.717, 1.165) is 51.9 Å². The highest BCUT2D eigenvalue weighted by molar-refractivity contribution is 5.78. The van der Waals surface area contributed by atoms with Crippen LogP contribution in [-0.2, 0) is 4.79 Å². The minimum atomic E-state index is 0.199. The van der Waals surface area contributed by atoms with Gasteiger partial charge in [-0.2, -0.15) is 5.26 Å². The second-order valence-corrected chi connectivity index (χ2v) is 5.14. The van der Waals surface area contributed by atoms with Crippen LogP contribution in [0.15, 0.2) is 0 Å². The molecular formula is C14H25N3O. The molecule has 0 aromatic carbocycles. The maximum atomic E-state index is 12.2. The zero-order chi connectivity index (χ0) is 13.4. The smallest absolute Gasteiger partial charge is 0.225 e. The first kappa shape index (κ1) is 15.0. The lowest BCUT2D eigenvalue weighted by Crippen LogP contribution is -2.41. The van der Waals surface area contributed by atoms with Crippen molar-refractivity contribution in [3.63, 3.8) is 0 Å². The molecule has 1 aliphatic heterocycles. The lowest BCUT2D eigenvalue weighted by atomic mass is 9.95. The summed E-state index contributed by atoms with van der Waals surface area (Å²) in [6.07, 6.45) is 4.70. The highest BCUT2D eigenvalue weighted by Crippen LogP contribution is 2.19. The van der Waals surface area contributed by atoms with Gasteiger partial charge in [0.15, 0.2) is 0 Å². The van der Waals surface area contributed by atoms with Crippen molar-refractivity contribution in [1.29, 1.82) is 5.26 Å². The molecule has 0 saturated carbocycles. The van der Waals surface area contributed by atoms with E-state index in [1.54, 1.807) is 0 Å². The van der Waals surface area contributed by atoms with Crippen LogP contribution in [0.4, 0.5) is 0 Å². The summed E-state index contributed by atoms with van der Waals surface area (Å²) >= 11 is 0. The largest absolute Gasteiger partial charge is 0.346 e. The SMILES string of the molecule is CCCCN(C)C(=O)C1CCN(CCC#N)CC1. The molecule has 1 amide bonds. The maximum absolute atomic E-state index is 12.2. The first-order valence-electron chi connectivity index (χ1n) is 7.03. The number of nitriles is 1. The topological polar surface area (TPSA) is 47.3 Å². The molecular weight excluding hydrogens is 226 g/mol. The van der Waals surface area contributed by atoms with Crippen molar-refractivity contribution >= 4 is 5.91 Å². The first-order chi connectivity index (χ1) is 8.69. The number of amides is 1. The Morgan fingerprint density at radius 3 is 2.67 bits per heavy atom. The van der Waals surface area contributed by atoms with Gasteiger partial charge in [0.25, 0.3) is 0 Å². The van der Waals surface area contributed by atoms with E-state index in [0.29, 0.717) is 12.3 Å². The van der Waals surface area contributed by atoms with Crippen molar-refractivity contribution in [3.8, 4) is 6.07 Å². The number of hydrogen-bond acceptors (Lipinski definition) is 3. The van der Waals surface area contributed by atoms with E-state index < -0.39 is 0 Å². The van der Waals surface area contributed by atoms with E-state index in [2.05, 4.69) is 17.9 Å². The number of rotatable bonds is 6. The van der Waals surface area contributed by atoms with Gasteiger partial charge in [-0.25, -0.2) is 0 Å². The number of unbranched alkanes of at least 4 members (excludes halogenated alkanes) is 1. The van der Waals surface area contributed by atoms with Gasteiger partial charge in [0, 0.05) is 32.5 Å². The molecule has 0 N–H and O–H groups in total. The zero-order valence-electron chi connectivity index (χ0n) is 11.7. The van der Waals surface area contributed by atoms with Gasteiger partial charge in [0.2, 0.25) is 5.91 Å². The summed E-state index contributed by atoms with van der Waals surface area (Å²) in [5, 5.41) is 8.55. The van der Waals surface area contributed by atoms with Crippen molar-refractivity contribution < 1.29 is 4.79 Å². The van der Waals surface area contributed by atoms with Gasteiger partial charge in [0.05, 0.1) is 6.07 Å². The normalized spacial score (nSPS) is 17.4. The fourth-order valence-corrected chi connectivity index (χ4v) is 2.43. The van der Waals surface area contributed by atoms with E-state index in [4.69, 9.17) is 5.26 Å². The maximum Gasteiger partial charge on any atom is 0.225 e. The zero-order valence-corrected chi connectivity index (χ0v) is 11.7. The third kappa shape index (κ3) is 4.66. The predicted octanol–water partition coefficient (Wildman–Crippen LogP) is 1.87. The molecule has 1 aliphatic rings. The van der Waals surface area contributed by atoms with E-state index in [9.17, 15) is 4.79 Å². The molecule has 0 spiro atoms. The molecule has 1 saturated heterocycles. The van der Waals surface area contributed by atoms with E-state index in [1.165, 1.54) is 0 Å². The van der Waals surface area contributed by atoms with Crippen molar-refractivity contribution in [2.75, 3.05) is 33.2 Å². The fraction of sp³-hybridized carbons (Fsp3) is 0.857. The van der Waals surface area contributed by atoms with Crippen molar-refractivity contribution in [2.24, 2.45) is 5.92 Å². The third-order valence-corrected chi connectivity index (χ3v) is 3.70. The monoisotopic (exact) mass is 251 g/mol. The van der Waals surface area contributed by atoms with Gasteiger partial charge in [-0.15, -0.1) is 0 Å². The lowest BCUT2D eigenvalue weighted by molar-refractivity contribution is -0.135. The summed E-state index contributed by atoms with van der Waals surface area (Å²) in [7, 11) is 1.92. The van der Waals surface area contributed by atoms with E-state index in [1.807, 2.05) is 11.9 Å². The molecule has 0 aromatic heterocycles. The predicted molar refractivity (Wildman–Crippen MR) is 71.9 cm³/mol. The Labute approximate surface area is 111 Å². The number of carbonyl (C=O) groups is 1. The Hall–Kier alpha value is -1.08. The second-order valence-electron chi connectivity index (χ2n) is 5.14. The highest BCUT2D eigenvalue weighted by Gasteiger charge is 2.26. The molecule has 0 unspecified atom stereocenters. The molecule has 102 valence electrons. The average Bonchev–Trinajstić information content (AvgIpc) is 2.42. The Morgan fingerprint density at radius 1 is 1.44 bits per heavy atom. The first-order valence-corrected chi connectivity index (χ1v) is 7.03. The summed E-state index contributed by atoms with van der Waals surface area (Å²) in [4.78, 5) is 16.4. The molecule has 4 heteroatoms. The van der Waals surface area contributed by atoms with Crippen LogP contribution in [0.1, 0.15) is 39.0 Å². The fourth-order valence-electron chi connectivity index (χ4n) is 2.43. The second kappa shape index (κ2) is 8.10. The van der Waals surface area contributed by atoms with Crippen LogP contribution in [0.2, 0.25) is 0 Å². The van der Waals surface area contributed by atoms with Crippen LogP contribution < -0.4 is 0 Å². The van der Waals surface area contributed by atoms with Crippen LogP contribution in [0.25, 0.3) is 0 Å². The standard InChI is InChI=1S/C14H25N3O/c1-3-4-9-16(2)14(18)13-6-11-17(12-7-13)10-5-8-15/h13H,3-7,9-12H2,1-2H3. The molecule has 18 heavy (non-hydrogen) atoms. The summed E-state index contributed by atoms with van der Waals surface area (Å²) in [5.41, 5.74) is 0. The van der Waals surface area contributed by atoms with Gasteiger partial charge in [-0.1, -0.05) is 13.3 Å². The van der Waals surface area contributed by atoms with E-state index in [-0.39, 0.29) is 5.92 Å².